The molecule has 0 aliphatic carbocycles. The SMILES string of the molecule is CCC(F)(CN)C1CCc2ccccc2N1. The van der Waals surface area contributed by atoms with E-state index in [0.717, 1.165) is 18.5 Å². The second-order valence-corrected chi connectivity index (χ2v) is 4.49. The van der Waals surface area contributed by atoms with Gasteiger partial charge in [0.2, 0.25) is 0 Å². The minimum Gasteiger partial charge on any atom is -0.379 e. The second-order valence-electron chi connectivity index (χ2n) is 4.49. The molecular weight excluding hydrogens is 203 g/mol. The summed E-state index contributed by atoms with van der Waals surface area (Å²) >= 11 is 0. The first-order valence-electron chi connectivity index (χ1n) is 5.93. The van der Waals surface area contributed by atoms with Crippen molar-refractivity contribution in [1.29, 1.82) is 0 Å². The molecule has 1 heterocycles. The summed E-state index contributed by atoms with van der Waals surface area (Å²) in [5, 5.41) is 3.28. The summed E-state index contributed by atoms with van der Waals surface area (Å²) in [7, 11) is 0. The van der Waals surface area contributed by atoms with Crippen LogP contribution in [0.4, 0.5) is 10.1 Å². The highest BCUT2D eigenvalue weighted by molar-refractivity contribution is 5.54. The molecule has 2 nitrogen and oxygen atoms in total. The van der Waals surface area contributed by atoms with Gasteiger partial charge in [0, 0.05) is 12.2 Å². The Morgan fingerprint density at radius 2 is 2.25 bits per heavy atom. The molecule has 2 unspecified atom stereocenters. The number of hydrogen-bond donors (Lipinski definition) is 2. The zero-order valence-electron chi connectivity index (χ0n) is 9.67. The Hall–Kier alpha value is -1.09. The first kappa shape index (κ1) is 11.4. The zero-order chi connectivity index (χ0) is 11.6. The van der Waals surface area contributed by atoms with Crippen molar-refractivity contribution in [3.63, 3.8) is 0 Å². The fraction of sp³-hybridized carbons (Fsp3) is 0.538. The third kappa shape index (κ3) is 1.92. The summed E-state index contributed by atoms with van der Waals surface area (Å²) in [5.74, 6) is 0. The molecule has 3 N–H and O–H groups in total. The lowest BCUT2D eigenvalue weighted by atomic mass is 9.85. The molecule has 0 amide bonds. The Morgan fingerprint density at radius 1 is 1.50 bits per heavy atom. The molecule has 0 saturated carbocycles. The lowest BCUT2D eigenvalue weighted by Gasteiger charge is -2.37. The van der Waals surface area contributed by atoms with Crippen LogP contribution >= 0.6 is 0 Å². The number of rotatable bonds is 3. The minimum atomic E-state index is -1.28. The van der Waals surface area contributed by atoms with Crippen LogP contribution in [0.3, 0.4) is 0 Å². The number of nitrogens with two attached hydrogens (primary N) is 1. The van der Waals surface area contributed by atoms with Crippen LogP contribution in [0.25, 0.3) is 0 Å². The van der Waals surface area contributed by atoms with E-state index in [0.29, 0.717) is 6.42 Å². The minimum absolute atomic E-state index is 0.0866. The highest BCUT2D eigenvalue weighted by Crippen LogP contribution is 2.32. The maximum absolute atomic E-state index is 14.4. The van der Waals surface area contributed by atoms with Gasteiger partial charge in [0.25, 0.3) is 0 Å². The molecule has 16 heavy (non-hydrogen) atoms. The molecule has 1 aromatic carbocycles. The van der Waals surface area contributed by atoms with Gasteiger partial charge in [-0.3, -0.25) is 0 Å². The maximum Gasteiger partial charge on any atom is 0.142 e. The molecule has 0 spiro atoms. The second kappa shape index (κ2) is 4.42. The van der Waals surface area contributed by atoms with E-state index in [1.54, 1.807) is 0 Å². The van der Waals surface area contributed by atoms with Gasteiger partial charge in [0.05, 0.1) is 6.04 Å². The highest BCUT2D eigenvalue weighted by Gasteiger charge is 2.37. The van der Waals surface area contributed by atoms with Crippen molar-refractivity contribution >= 4 is 5.69 Å². The summed E-state index contributed by atoms with van der Waals surface area (Å²) in [5.41, 5.74) is 6.60. The molecule has 88 valence electrons. The van der Waals surface area contributed by atoms with E-state index < -0.39 is 5.67 Å². The van der Waals surface area contributed by atoms with Gasteiger partial charge in [-0.05, 0) is 30.9 Å². The van der Waals surface area contributed by atoms with E-state index in [4.69, 9.17) is 5.73 Å². The smallest absolute Gasteiger partial charge is 0.142 e. The van der Waals surface area contributed by atoms with E-state index in [1.165, 1.54) is 5.56 Å². The molecule has 2 rings (SSSR count). The van der Waals surface area contributed by atoms with Crippen molar-refractivity contribution in [2.24, 2.45) is 5.73 Å². The van der Waals surface area contributed by atoms with Crippen LogP contribution in [0.2, 0.25) is 0 Å². The van der Waals surface area contributed by atoms with Gasteiger partial charge < -0.3 is 11.1 Å². The van der Waals surface area contributed by atoms with Crippen LogP contribution in [0.5, 0.6) is 0 Å². The summed E-state index contributed by atoms with van der Waals surface area (Å²) in [6.07, 6.45) is 2.21. The fourth-order valence-corrected chi connectivity index (χ4v) is 2.36. The number of anilines is 1. The lowest BCUT2D eigenvalue weighted by Crippen LogP contribution is -2.49. The van der Waals surface area contributed by atoms with Gasteiger partial charge in [0.1, 0.15) is 5.67 Å². The molecule has 0 aromatic heterocycles. The zero-order valence-corrected chi connectivity index (χ0v) is 9.67. The maximum atomic E-state index is 14.4. The standard InChI is InChI=1S/C13H19FN2/c1-2-13(14,9-15)12-8-7-10-5-3-4-6-11(10)16-12/h3-6,12,16H,2,7-9,15H2,1H3. The summed E-state index contributed by atoms with van der Waals surface area (Å²) in [4.78, 5) is 0. The third-order valence-electron chi connectivity index (χ3n) is 3.60. The van der Waals surface area contributed by atoms with Crippen molar-refractivity contribution in [1.82, 2.24) is 0 Å². The van der Waals surface area contributed by atoms with Crippen LogP contribution in [0.15, 0.2) is 24.3 Å². The van der Waals surface area contributed by atoms with Crippen molar-refractivity contribution < 1.29 is 4.39 Å². The normalized spacial score (nSPS) is 23.1. The average molecular weight is 222 g/mol. The number of para-hydroxylation sites is 1. The number of benzene rings is 1. The number of alkyl halides is 1. The van der Waals surface area contributed by atoms with E-state index in [2.05, 4.69) is 11.4 Å². The Balaban J connectivity index is 2.19. The van der Waals surface area contributed by atoms with Gasteiger partial charge >= 0.3 is 0 Å². The molecule has 0 radical (unpaired) electrons. The molecule has 1 aliphatic rings. The first-order chi connectivity index (χ1) is 7.69. The molecule has 1 aromatic rings. The molecule has 3 heteroatoms. The van der Waals surface area contributed by atoms with E-state index in [1.807, 2.05) is 25.1 Å². The molecule has 2 atom stereocenters. The van der Waals surface area contributed by atoms with Crippen LogP contribution in [-0.4, -0.2) is 18.3 Å². The first-order valence-corrected chi connectivity index (χ1v) is 5.93. The molecule has 0 fully saturated rings. The largest absolute Gasteiger partial charge is 0.379 e. The quantitative estimate of drug-likeness (QED) is 0.824. The van der Waals surface area contributed by atoms with Crippen LogP contribution in [0.1, 0.15) is 25.3 Å². The number of halogens is 1. The van der Waals surface area contributed by atoms with E-state index in [-0.39, 0.29) is 12.6 Å². The van der Waals surface area contributed by atoms with Crippen LogP contribution in [0, 0.1) is 0 Å². The van der Waals surface area contributed by atoms with Crippen molar-refractivity contribution in [2.75, 3.05) is 11.9 Å². The van der Waals surface area contributed by atoms with Crippen molar-refractivity contribution in [2.45, 2.75) is 37.9 Å². The Morgan fingerprint density at radius 3 is 2.94 bits per heavy atom. The highest BCUT2D eigenvalue weighted by atomic mass is 19.1. The molecule has 1 aliphatic heterocycles. The molecular formula is C13H19FN2. The van der Waals surface area contributed by atoms with Gasteiger partial charge in [0.15, 0.2) is 0 Å². The number of nitrogens with one attached hydrogen (secondary N) is 1. The Labute approximate surface area is 96.0 Å². The lowest BCUT2D eigenvalue weighted by molar-refractivity contribution is 0.132. The predicted molar refractivity (Wildman–Crippen MR) is 65.4 cm³/mol. The summed E-state index contributed by atoms with van der Waals surface area (Å²) in [6, 6.07) is 7.94. The topological polar surface area (TPSA) is 38.0 Å². The number of fused-ring (bicyclic) bond motifs is 1. The van der Waals surface area contributed by atoms with Gasteiger partial charge in [-0.15, -0.1) is 0 Å². The van der Waals surface area contributed by atoms with Crippen molar-refractivity contribution in [3.8, 4) is 0 Å². The Kier molecular flexibility index (Phi) is 3.15. The van der Waals surface area contributed by atoms with Gasteiger partial charge in [-0.1, -0.05) is 25.1 Å². The Bertz CT molecular complexity index is 361. The molecule has 0 bridgehead atoms. The number of aryl methyl sites for hydroxylation is 1. The summed E-state index contributed by atoms with van der Waals surface area (Å²) in [6.45, 7) is 1.94. The van der Waals surface area contributed by atoms with E-state index >= 15 is 0 Å². The summed E-state index contributed by atoms with van der Waals surface area (Å²) < 4.78 is 14.4. The predicted octanol–water partition coefficient (Wildman–Crippen LogP) is 2.49. The van der Waals surface area contributed by atoms with Crippen molar-refractivity contribution in [3.05, 3.63) is 29.8 Å². The van der Waals surface area contributed by atoms with E-state index in [9.17, 15) is 4.39 Å². The monoisotopic (exact) mass is 222 g/mol. The third-order valence-corrected chi connectivity index (χ3v) is 3.60. The van der Waals surface area contributed by atoms with Gasteiger partial charge in [-0.25, -0.2) is 4.39 Å². The fourth-order valence-electron chi connectivity index (χ4n) is 2.36. The van der Waals surface area contributed by atoms with Crippen LogP contribution in [-0.2, 0) is 6.42 Å². The van der Waals surface area contributed by atoms with Crippen LogP contribution < -0.4 is 11.1 Å². The van der Waals surface area contributed by atoms with Gasteiger partial charge in [-0.2, -0.15) is 0 Å². The number of hydrogen-bond acceptors (Lipinski definition) is 2. The average Bonchev–Trinajstić information content (AvgIpc) is 2.37. The molecule has 0 saturated heterocycles.